The van der Waals surface area contributed by atoms with E-state index in [9.17, 15) is 4.79 Å². The van der Waals surface area contributed by atoms with Gasteiger partial charge in [0, 0.05) is 13.3 Å². The van der Waals surface area contributed by atoms with Gasteiger partial charge >= 0.3 is 0 Å². The van der Waals surface area contributed by atoms with Gasteiger partial charge in [0.1, 0.15) is 12.7 Å². The second-order valence-corrected chi connectivity index (χ2v) is 10.4. The third-order valence-corrected chi connectivity index (χ3v) is 6.71. The fraction of sp³-hybridized carbons (Fsp3) is 0.917. The lowest BCUT2D eigenvalue weighted by atomic mass is 9.88. The Morgan fingerprint density at radius 3 is 2.33 bits per heavy atom. The number of hydrazone groups is 1. The van der Waals surface area contributed by atoms with E-state index in [1.54, 1.807) is 0 Å². The van der Waals surface area contributed by atoms with Crippen LogP contribution < -0.4 is 0 Å². The van der Waals surface area contributed by atoms with Crippen molar-refractivity contribution in [2.75, 3.05) is 13.2 Å². The van der Waals surface area contributed by atoms with Crippen molar-refractivity contribution in [3.8, 4) is 0 Å². The van der Waals surface area contributed by atoms with Crippen LogP contribution in [-0.2, 0) is 33.2 Å². The first kappa shape index (κ1) is 24.9. The Labute approximate surface area is 197 Å². The topological polar surface area (TPSA) is 88.1 Å². The molecule has 9 nitrogen and oxygen atoms in total. The molecule has 0 radical (unpaired) electrons. The molecular weight excluding hydrogens is 428 g/mol. The van der Waals surface area contributed by atoms with E-state index in [1.807, 2.05) is 27.7 Å². The molecule has 4 aliphatic rings. The second-order valence-electron chi connectivity index (χ2n) is 10.4. The van der Waals surface area contributed by atoms with Gasteiger partial charge in [-0.05, 0) is 34.1 Å². The van der Waals surface area contributed by atoms with Crippen molar-refractivity contribution < 1.29 is 33.2 Å². The summed E-state index contributed by atoms with van der Waals surface area (Å²) in [5, 5.41) is 5.96. The lowest BCUT2D eigenvalue weighted by molar-refractivity contribution is -0.386. The third-order valence-electron chi connectivity index (χ3n) is 6.71. The van der Waals surface area contributed by atoms with E-state index >= 15 is 0 Å². The summed E-state index contributed by atoms with van der Waals surface area (Å²) in [5.74, 6) is -2.96. The lowest BCUT2D eigenvalue weighted by Gasteiger charge is -2.52. The highest BCUT2D eigenvalue weighted by molar-refractivity contribution is 5.83. The predicted octanol–water partition coefficient (Wildman–Crippen LogP) is 4.05. The van der Waals surface area contributed by atoms with Crippen LogP contribution in [0.4, 0.5) is 0 Å². The molecule has 33 heavy (non-hydrogen) atoms. The van der Waals surface area contributed by atoms with Crippen molar-refractivity contribution in [1.29, 1.82) is 0 Å². The largest absolute Gasteiger partial charge is 0.442 e. The standard InChI is InChI=1S/C24H40N2O7/c1-7-8-9-10-11-12-13-14-19-25-26(17(2)27)24(31-19)20-18(30-22(5,6)32-20)15-28-23(24)16-29-21(3,4)33-23/h18,20H,7-16H2,1-6H3/t18-,20-,23+,24+/m1/s1. The van der Waals surface area contributed by atoms with E-state index in [-0.39, 0.29) is 19.1 Å². The quantitative estimate of drug-likeness (QED) is 0.497. The molecule has 4 heterocycles. The van der Waals surface area contributed by atoms with Gasteiger partial charge in [0.15, 0.2) is 17.7 Å². The van der Waals surface area contributed by atoms with Crippen LogP contribution in [0.15, 0.2) is 5.10 Å². The first-order valence-electron chi connectivity index (χ1n) is 12.5. The highest BCUT2D eigenvalue weighted by Crippen LogP contribution is 2.54. The monoisotopic (exact) mass is 468 g/mol. The number of carbonyl (C=O) groups excluding carboxylic acids is 1. The van der Waals surface area contributed by atoms with Crippen LogP contribution in [0, 0.1) is 0 Å². The number of nitrogens with zero attached hydrogens (tertiary/aromatic N) is 2. The molecule has 0 aromatic rings. The van der Waals surface area contributed by atoms with Gasteiger partial charge < -0.3 is 28.4 Å². The number of amides is 1. The number of carbonyl (C=O) groups is 1. The van der Waals surface area contributed by atoms with Gasteiger partial charge in [-0.15, -0.1) is 5.10 Å². The van der Waals surface area contributed by atoms with Crippen molar-refractivity contribution in [1.82, 2.24) is 5.01 Å². The zero-order chi connectivity index (χ0) is 23.9. The number of fused-ring (bicyclic) bond motifs is 3. The molecule has 2 spiro atoms. The van der Waals surface area contributed by atoms with Crippen LogP contribution in [0.5, 0.6) is 0 Å². The zero-order valence-electron chi connectivity index (χ0n) is 21.0. The van der Waals surface area contributed by atoms with Crippen molar-refractivity contribution in [2.45, 2.75) is 128 Å². The molecule has 0 aliphatic carbocycles. The summed E-state index contributed by atoms with van der Waals surface area (Å²) < 4.78 is 37.5. The highest BCUT2D eigenvalue weighted by Gasteiger charge is 2.78. The second kappa shape index (κ2) is 9.07. The molecule has 0 unspecified atom stereocenters. The molecule has 4 atom stereocenters. The highest BCUT2D eigenvalue weighted by atomic mass is 16.9. The molecular formula is C24H40N2O7. The van der Waals surface area contributed by atoms with Gasteiger partial charge in [-0.2, -0.15) is 5.01 Å². The van der Waals surface area contributed by atoms with Gasteiger partial charge in [0.2, 0.25) is 11.8 Å². The molecule has 1 amide bonds. The fourth-order valence-electron chi connectivity index (χ4n) is 5.28. The Bertz CT molecular complexity index is 768. The van der Waals surface area contributed by atoms with Gasteiger partial charge in [0.25, 0.3) is 11.5 Å². The molecule has 3 saturated heterocycles. The lowest BCUT2D eigenvalue weighted by Crippen LogP contribution is -2.76. The minimum Gasteiger partial charge on any atom is -0.442 e. The summed E-state index contributed by atoms with van der Waals surface area (Å²) >= 11 is 0. The third kappa shape index (κ3) is 4.55. The summed E-state index contributed by atoms with van der Waals surface area (Å²) in [6, 6.07) is 0. The van der Waals surface area contributed by atoms with Gasteiger partial charge in [-0.25, -0.2) is 0 Å². The zero-order valence-corrected chi connectivity index (χ0v) is 21.0. The van der Waals surface area contributed by atoms with Gasteiger partial charge in [-0.1, -0.05) is 45.4 Å². The maximum Gasteiger partial charge on any atom is 0.291 e. The maximum atomic E-state index is 12.9. The maximum absolute atomic E-state index is 12.9. The first-order chi connectivity index (χ1) is 15.5. The molecule has 4 aliphatic heterocycles. The molecule has 0 aromatic carbocycles. The van der Waals surface area contributed by atoms with Crippen LogP contribution in [0.3, 0.4) is 0 Å². The summed E-state index contributed by atoms with van der Waals surface area (Å²) in [5.41, 5.74) is -1.47. The first-order valence-corrected chi connectivity index (χ1v) is 12.5. The van der Waals surface area contributed by atoms with Crippen molar-refractivity contribution in [3.63, 3.8) is 0 Å². The predicted molar refractivity (Wildman–Crippen MR) is 120 cm³/mol. The molecule has 0 bridgehead atoms. The van der Waals surface area contributed by atoms with E-state index in [4.69, 9.17) is 28.4 Å². The summed E-state index contributed by atoms with van der Waals surface area (Å²) in [4.78, 5) is 12.9. The Morgan fingerprint density at radius 1 is 1.00 bits per heavy atom. The number of hydrogen-bond donors (Lipinski definition) is 0. The average Bonchev–Trinajstić information content (AvgIpc) is 3.37. The Balaban J connectivity index is 1.57. The van der Waals surface area contributed by atoms with Gasteiger partial charge in [0.05, 0.1) is 6.61 Å². The van der Waals surface area contributed by atoms with Gasteiger partial charge in [-0.3, -0.25) is 4.79 Å². The van der Waals surface area contributed by atoms with Crippen LogP contribution in [-0.4, -0.2) is 65.3 Å². The summed E-state index contributed by atoms with van der Waals surface area (Å²) in [6.45, 7) is 11.3. The number of hydrogen-bond acceptors (Lipinski definition) is 8. The van der Waals surface area contributed by atoms with Crippen molar-refractivity contribution in [3.05, 3.63) is 0 Å². The smallest absolute Gasteiger partial charge is 0.291 e. The van der Waals surface area contributed by atoms with Crippen LogP contribution in [0.25, 0.3) is 0 Å². The van der Waals surface area contributed by atoms with E-state index in [2.05, 4.69) is 12.0 Å². The molecule has 3 fully saturated rings. The Kier molecular flexibility index (Phi) is 6.83. The van der Waals surface area contributed by atoms with Crippen LogP contribution in [0.1, 0.15) is 92.9 Å². The number of ether oxygens (including phenoxy) is 6. The van der Waals surface area contributed by atoms with E-state index in [1.165, 1.54) is 44.0 Å². The SMILES string of the molecule is CCCCCCCCCC1=NN(C(C)=O)[C@]2(O1)[C@@H]1OC(C)(C)O[C@@H]1CO[C@]21COC(C)(C)O1. The van der Waals surface area contributed by atoms with Crippen molar-refractivity contribution in [2.24, 2.45) is 5.10 Å². The molecule has 4 rings (SSSR count). The summed E-state index contributed by atoms with van der Waals surface area (Å²) in [6.07, 6.45) is 7.78. The number of unbranched alkanes of at least 4 members (excludes halogenated alkanes) is 6. The number of rotatable bonds is 8. The minimum atomic E-state index is -1.47. The molecule has 0 aromatic heterocycles. The van der Waals surface area contributed by atoms with E-state index in [0.29, 0.717) is 12.3 Å². The molecule has 0 N–H and O–H groups in total. The Morgan fingerprint density at radius 2 is 1.70 bits per heavy atom. The minimum absolute atomic E-state index is 0.0804. The summed E-state index contributed by atoms with van der Waals surface area (Å²) in [7, 11) is 0. The fourth-order valence-corrected chi connectivity index (χ4v) is 5.28. The average molecular weight is 469 g/mol. The van der Waals surface area contributed by atoms with E-state index in [0.717, 1.165) is 12.8 Å². The molecule has 0 saturated carbocycles. The molecule has 188 valence electrons. The Hall–Kier alpha value is -1.26. The normalized spacial score (nSPS) is 36.3. The molecule has 9 heteroatoms. The van der Waals surface area contributed by atoms with Crippen molar-refractivity contribution >= 4 is 11.8 Å². The van der Waals surface area contributed by atoms with Crippen LogP contribution in [0.2, 0.25) is 0 Å². The van der Waals surface area contributed by atoms with E-state index < -0.39 is 35.3 Å². The van der Waals surface area contributed by atoms with Crippen LogP contribution >= 0.6 is 0 Å².